The number of fused-ring (bicyclic) bond motifs is 1. The van der Waals surface area contributed by atoms with Crippen LogP contribution < -0.4 is 5.32 Å². The maximum atomic E-state index is 10.4. The van der Waals surface area contributed by atoms with E-state index in [9.17, 15) is 4.79 Å². The quantitative estimate of drug-likeness (QED) is 0.803. The molecule has 1 aliphatic rings. The van der Waals surface area contributed by atoms with E-state index in [0.29, 0.717) is 31.4 Å². The van der Waals surface area contributed by atoms with Gasteiger partial charge in [0.15, 0.2) is 0 Å². The Morgan fingerprint density at radius 3 is 3.12 bits per heavy atom. The third kappa shape index (κ3) is 2.91. The van der Waals surface area contributed by atoms with Gasteiger partial charge in [0, 0.05) is 18.5 Å². The van der Waals surface area contributed by atoms with Crippen LogP contribution in [0.15, 0.2) is 0 Å². The Hall–Kier alpha value is -1.69. The molecule has 0 aliphatic carbocycles. The summed E-state index contributed by atoms with van der Waals surface area (Å²) < 4.78 is 5.37. The van der Waals surface area contributed by atoms with Crippen molar-refractivity contribution in [2.75, 3.05) is 18.5 Å². The standard InChI is InChI=1S/C11H15N3O3/c1-7-13-9-3-5-17-6-8(9)11(14-7)12-4-2-10(15)16/h2-6H2,1H3,(H,15,16)(H,12,13,14). The summed E-state index contributed by atoms with van der Waals surface area (Å²) in [5.74, 6) is 0.574. The van der Waals surface area contributed by atoms with E-state index in [4.69, 9.17) is 9.84 Å². The number of hydrogen-bond donors (Lipinski definition) is 2. The van der Waals surface area contributed by atoms with Crippen LogP contribution in [0, 0.1) is 6.92 Å². The third-order valence-electron chi connectivity index (χ3n) is 2.57. The second kappa shape index (κ2) is 5.09. The molecule has 0 unspecified atom stereocenters. The molecule has 0 saturated carbocycles. The van der Waals surface area contributed by atoms with Crippen LogP contribution in [0.3, 0.4) is 0 Å². The van der Waals surface area contributed by atoms with Crippen LogP contribution in [0.25, 0.3) is 0 Å². The molecule has 92 valence electrons. The number of rotatable bonds is 4. The largest absolute Gasteiger partial charge is 0.481 e. The molecule has 6 nitrogen and oxygen atoms in total. The van der Waals surface area contributed by atoms with E-state index in [1.165, 1.54) is 0 Å². The van der Waals surface area contributed by atoms with Gasteiger partial charge in [-0.15, -0.1) is 0 Å². The molecule has 0 aromatic carbocycles. The van der Waals surface area contributed by atoms with Crippen molar-refractivity contribution >= 4 is 11.8 Å². The van der Waals surface area contributed by atoms with Gasteiger partial charge >= 0.3 is 5.97 Å². The van der Waals surface area contributed by atoms with Crippen molar-refractivity contribution in [2.45, 2.75) is 26.4 Å². The molecular formula is C11H15N3O3. The van der Waals surface area contributed by atoms with Crippen LogP contribution >= 0.6 is 0 Å². The Balaban J connectivity index is 2.14. The average molecular weight is 237 g/mol. The molecule has 6 heteroatoms. The second-order valence-electron chi connectivity index (χ2n) is 3.92. The van der Waals surface area contributed by atoms with Crippen LogP contribution in [0.4, 0.5) is 5.82 Å². The first-order valence-corrected chi connectivity index (χ1v) is 5.56. The summed E-state index contributed by atoms with van der Waals surface area (Å²) in [5.41, 5.74) is 1.95. The Morgan fingerprint density at radius 1 is 1.53 bits per heavy atom. The van der Waals surface area contributed by atoms with Crippen LogP contribution in [0.1, 0.15) is 23.5 Å². The minimum absolute atomic E-state index is 0.0681. The molecule has 0 radical (unpaired) electrons. The summed E-state index contributed by atoms with van der Waals surface area (Å²) >= 11 is 0. The molecule has 1 aromatic heterocycles. The van der Waals surface area contributed by atoms with Crippen LogP contribution in [-0.2, 0) is 22.6 Å². The number of aliphatic carboxylic acids is 1. The molecule has 1 aliphatic heterocycles. The molecule has 0 fully saturated rings. The lowest BCUT2D eigenvalue weighted by atomic mass is 10.1. The number of carboxylic acids is 1. The molecular weight excluding hydrogens is 222 g/mol. The molecule has 17 heavy (non-hydrogen) atoms. The fourth-order valence-corrected chi connectivity index (χ4v) is 1.79. The fraction of sp³-hybridized carbons (Fsp3) is 0.545. The molecule has 2 rings (SSSR count). The SMILES string of the molecule is Cc1nc2c(c(NCCC(=O)O)n1)COCC2. The summed E-state index contributed by atoms with van der Waals surface area (Å²) in [6.07, 6.45) is 0.852. The monoisotopic (exact) mass is 237 g/mol. The van der Waals surface area contributed by atoms with E-state index in [-0.39, 0.29) is 6.42 Å². The molecule has 0 spiro atoms. The highest BCUT2D eigenvalue weighted by molar-refractivity contribution is 5.67. The highest BCUT2D eigenvalue weighted by Crippen LogP contribution is 2.21. The van der Waals surface area contributed by atoms with E-state index in [2.05, 4.69) is 15.3 Å². The van der Waals surface area contributed by atoms with Gasteiger partial charge in [0.2, 0.25) is 0 Å². The summed E-state index contributed by atoms with van der Waals surface area (Å²) in [4.78, 5) is 19.1. The van der Waals surface area contributed by atoms with Crippen molar-refractivity contribution in [3.05, 3.63) is 17.1 Å². The van der Waals surface area contributed by atoms with Gasteiger partial charge in [0.25, 0.3) is 0 Å². The van der Waals surface area contributed by atoms with Crippen LogP contribution in [0.5, 0.6) is 0 Å². The van der Waals surface area contributed by atoms with Gasteiger partial charge in [0.1, 0.15) is 11.6 Å². The average Bonchev–Trinajstić information content (AvgIpc) is 2.28. The first-order valence-electron chi connectivity index (χ1n) is 5.56. The number of aromatic nitrogens is 2. The lowest BCUT2D eigenvalue weighted by molar-refractivity contribution is -0.136. The second-order valence-corrected chi connectivity index (χ2v) is 3.92. The van der Waals surface area contributed by atoms with Gasteiger partial charge in [0.05, 0.1) is 25.3 Å². The first-order chi connectivity index (χ1) is 8.16. The van der Waals surface area contributed by atoms with E-state index in [0.717, 1.165) is 17.7 Å². The van der Waals surface area contributed by atoms with Gasteiger partial charge in [-0.3, -0.25) is 4.79 Å². The molecule has 0 atom stereocenters. The molecule has 0 saturated heterocycles. The summed E-state index contributed by atoms with van der Waals surface area (Å²) in [6, 6.07) is 0. The maximum Gasteiger partial charge on any atom is 0.305 e. The number of carbonyl (C=O) groups is 1. The maximum absolute atomic E-state index is 10.4. The van der Waals surface area contributed by atoms with E-state index >= 15 is 0 Å². The predicted molar refractivity (Wildman–Crippen MR) is 60.9 cm³/mol. The van der Waals surface area contributed by atoms with E-state index in [1.54, 1.807) is 0 Å². The van der Waals surface area contributed by atoms with Crippen molar-refractivity contribution in [1.29, 1.82) is 0 Å². The molecule has 0 bridgehead atoms. The number of nitrogens with zero attached hydrogens (tertiary/aromatic N) is 2. The fourth-order valence-electron chi connectivity index (χ4n) is 1.79. The zero-order chi connectivity index (χ0) is 12.3. The van der Waals surface area contributed by atoms with E-state index in [1.807, 2.05) is 6.92 Å². The first kappa shape index (κ1) is 11.8. The van der Waals surface area contributed by atoms with Crippen molar-refractivity contribution < 1.29 is 14.6 Å². The summed E-state index contributed by atoms with van der Waals surface area (Å²) in [6.45, 7) is 3.36. The van der Waals surface area contributed by atoms with Gasteiger partial charge in [-0.05, 0) is 6.92 Å². The van der Waals surface area contributed by atoms with E-state index < -0.39 is 5.97 Å². The normalized spacial score (nSPS) is 14.2. The topological polar surface area (TPSA) is 84.3 Å². The number of carboxylic acid groups (broad SMARTS) is 1. The summed E-state index contributed by atoms with van der Waals surface area (Å²) in [7, 11) is 0. The highest BCUT2D eigenvalue weighted by Gasteiger charge is 2.17. The Bertz CT molecular complexity index is 434. The molecule has 2 N–H and O–H groups in total. The third-order valence-corrected chi connectivity index (χ3v) is 2.57. The van der Waals surface area contributed by atoms with Gasteiger partial charge in [-0.2, -0.15) is 0 Å². The Morgan fingerprint density at radius 2 is 2.35 bits per heavy atom. The van der Waals surface area contributed by atoms with Crippen LogP contribution in [0.2, 0.25) is 0 Å². The number of ether oxygens (including phenoxy) is 1. The zero-order valence-corrected chi connectivity index (χ0v) is 9.69. The number of anilines is 1. The van der Waals surface area contributed by atoms with Crippen molar-refractivity contribution in [2.24, 2.45) is 0 Å². The van der Waals surface area contributed by atoms with Crippen molar-refractivity contribution in [1.82, 2.24) is 9.97 Å². The lowest BCUT2D eigenvalue weighted by Gasteiger charge is -2.19. The predicted octanol–water partition coefficient (Wildman–Crippen LogP) is 0.744. The van der Waals surface area contributed by atoms with Crippen LogP contribution in [-0.4, -0.2) is 34.2 Å². The molecule has 0 amide bonds. The number of aryl methyl sites for hydroxylation is 1. The van der Waals surface area contributed by atoms with Crippen molar-refractivity contribution in [3.63, 3.8) is 0 Å². The van der Waals surface area contributed by atoms with Gasteiger partial charge < -0.3 is 15.2 Å². The number of hydrogen-bond acceptors (Lipinski definition) is 5. The Labute approximate surface area is 99.0 Å². The van der Waals surface area contributed by atoms with Gasteiger partial charge in [-0.1, -0.05) is 0 Å². The Kier molecular flexibility index (Phi) is 3.53. The minimum atomic E-state index is -0.826. The molecule has 2 heterocycles. The lowest BCUT2D eigenvalue weighted by Crippen LogP contribution is -2.18. The minimum Gasteiger partial charge on any atom is -0.481 e. The zero-order valence-electron chi connectivity index (χ0n) is 9.69. The summed E-state index contributed by atoms with van der Waals surface area (Å²) in [5, 5.41) is 11.6. The number of nitrogens with one attached hydrogen (secondary N) is 1. The van der Waals surface area contributed by atoms with Gasteiger partial charge in [-0.25, -0.2) is 9.97 Å². The molecule has 1 aromatic rings. The highest BCUT2D eigenvalue weighted by atomic mass is 16.5. The van der Waals surface area contributed by atoms with Crippen molar-refractivity contribution in [3.8, 4) is 0 Å². The smallest absolute Gasteiger partial charge is 0.305 e.